The van der Waals surface area contributed by atoms with Gasteiger partial charge in [0.05, 0.1) is 0 Å². The van der Waals surface area contributed by atoms with Crippen LogP contribution >= 0.6 is 0 Å². The topological polar surface area (TPSA) is 63.2 Å². The second kappa shape index (κ2) is 16.4. The third kappa shape index (κ3) is 898. The molecule has 0 aliphatic carbocycles. The summed E-state index contributed by atoms with van der Waals surface area (Å²) in [6.07, 6.45) is -0.417. The average molecular weight is 231 g/mol. The molecular weight excluding hydrogens is 221 g/mol. The normalized spacial score (nSPS) is 6.10. The van der Waals surface area contributed by atoms with E-state index in [9.17, 15) is 5.11 Å². The van der Waals surface area contributed by atoms with Crippen LogP contribution in [0.5, 0.6) is 0 Å². The second-order valence-electron chi connectivity index (χ2n) is 1.54. The van der Waals surface area contributed by atoms with E-state index in [0.29, 0.717) is 0 Å². The maximum Gasteiger partial charge on any atom is 4.00 e. The van der Waals surface area contributed by atoms with Gasteiger partial charge >= 0.3 is 41.2 Å². The summed E-state index contributed by atoms with van der Waals surface area (Å²) >= 11 is 0. The minimum Gasteiger partial charge on any atom is -0.852 e. The number of hydrogen-bond acceptors (Lipinski definition) is 3. The van der Waals surface area contributed by atoms with Crippen molar-refractivity contribution in [3.05, 3.63) is 0 Å². The first kappa shape index (κ1) is 22.4. The third-order valence-electron chi connectivity index (χ3n) is 0. The Hall–Kier alpha value is 0.768. The molecule has 0 bridgehead atoms. The van der Waals surface area contributed by atoms with E-state index in [-0.39, 0.29) is 41.2 Å². The van der Waals surface area contributed by atoms with Gasteiger partial charge in [0.25, 0.3) is 0 Å². The van der Waals surface area contributed by atoms with Gasteiger partial charge in [0.15, 0.2) is 0 Å². The van der Waals surface area contributed by atoms with E-state index >= 15 is 0 Å². The van der Waals surface area contributed by atoms with Gasteiger partial charge in [-0.1, -0.05) is 13.8 Å². The predicted molar refractivity (Wildman–Crippen MR) is 25.8 cm³/mol. The fourth-order valence-corrected chi connectivity index (χ4v) is 0. The Morgan fingerprint density at radius 3 is 1.40 bits per heavy atom. The first-order valence-corrected chi connectivity index (χ1v) is 2.30. The van der Waals surface area contributed by atoms with Gasteiger partial charge in [-0.25, -0.2) is 0 Å². The Kier molecular flexibility index (Phi) is 36.8. The molecule has 0 aromatic rings. The average Bonchev–Trinajstić information content (AvgIpc) is 1.25. The van der Waals surface area contributed by atoms with E-state index in [0.717, 1.165) is 6.92 Å². The van der Waals surface area contributed by atoms with E-state index in [4.69, 9.17) is 9.90 Å². The first-order valence-electron chi connectivity index (χ1n) is 2.30. The van der Waals surface area contributed by atoms with Gasteiger partial charge in [-0.3, -0.25) is 0 Å². The van der Waals surface area contributed by atoms with Crippen molar-refractivity contribution in [2.24, 2.45) is 0 Å². The molecule has 0 unspecified atom stereocenters. The molecule has 0 spiro atoms. The predicted octanol–water partition coefficient (Wildman–Crippen LogP) is -1.49. The Bertz CT molecular complexity index is 61.2. The minimum atomic E-state index is -1.08. The number of rotatable bonds is 0. The zero-order valence-corrected chi connectivity index (χ0v) is 11.0. The molecular formula is C5H10O3TiZn+4. The van der Waals surface area contributed by atoms with Crippen molar-refractivity contribution in [3.8, 4) is 0 Å². The molecule has 50 valence electrons. The Morgan fingerprint density at radius 1 is 1.40 bits per heavy atom. The zero-order valence-electron chi connectivity index (χ0n) is 6.51. The van der Waals surface area contributed by atoms with Crippen LogP contribution in [0.2, 0.25) is 0 Å². The first-order chi connectivity index (χ1) is 3.46. The van der Waals surface area contributed by atoms with E-state index < -0.39 is 12.1 Å². The second-order valence-corrected chi connectivity index (χ2v) is 1.54. The largest absolute Gasteiger partial charge is 4.00 e. The van der Waals surface area contributed by atoms with Gasteiger partial charge in [0.2, 0.25) is 0 Å². The Labute approximate surface area is 88.8 Å². The molecule has 0 aliphatic heterocycles. The molecule has 0 radical (unpaired) electrons. The summed E-state index contributed by atoms with van der Waals surface area (Å²) in [6, 6.07) is 0. The number of aliphatic carboxylic acids is 1. The molecule has 0 N–H and O–H groups in total. The monoisotopic (exact) mass is 230 g/mol. The third-order valence-corrected chi connectivity index (χ3v) is 0. The van der Waals surface area contributed by atoms with Crippen LogP contribution in [-0.2, 0) is 46.0 Å². The standard InChI is InChI=1S/C3H7O.C2H4O2.Ti.Zn/c1-3(2)4;1-2(3)4;;/h3H,1-2H3;1H3,(H,3,4);;/q-1;;+4;+2/p-1. The van der Waals surface area contributed by atoms with Crippen LogP contribution in [0.4, 0.5) is 0 Å². The Balaban J connectivity index is -0.0000000300. The van der Waals surface area contributed by atoms with Crippen LogP contribution in [0.1, 0.15) is 20.8 Å². The van der Waals surface area contributed by atoms with Crippen molar-refractivity contribution in [2.45, 2.75) is 26.9 Å². The summed E-state index contributed by atoms with van der Waals surface area (Å²) in [7, 11) is 0. The summed E-state index contributed by atoms with van der Waals surface area (Å²) < 4.78 is 0. The maximum absolute atomic E-state index is 9.53. The van der Waals surface area contributed by atoms with Crippen LogP contribution in [-0.4, -0.2) is 12.1 Å². The fourth-order valence-electron chi connectivity index (χ4n) is 0. The molecule has 0 atom stereocenters. The molecule has 0 aliphatic rings. The molecule has 0 aromatic heterocycles. The number of carboxylic acids is 1. The van der Waals surface area contributed by atoms with Gasteiger partial charge in [-0.2, -0.15) is 0 Å². The van der Waals surface area contributed by atoms with Crippen LogP contribution in [0, 0.1) is 0 Å². The van der Waals surface area contributed by atoms with Crippen molar-refractivity contribution in [2.75, 3.05) is 0 Å². The number of carbonyl (C=O) groups excluding carboxylic acids is 1. The molecule has 0 saturated heterocycles. The summed E-state index contributed by atoms with van der Waals surface area (Å²) in [6.45, 7) is 4.19. The van der Waals surface area contributed by atoms with E-state index in [1.54, 1.807) is 13.8 Å². The zero-order chi connectivity index (χ0) is 7.15. The molecule has 10 heavy (non-hydrogen) atoms. The van der Waals surface area contributed by atoms with Crippen molar-refractivity contribution in [1.82, 2.24) is 0 Å². The summed E-state index contributed by atoms with van der Waals surface area (Å²) in [5, 5.41) is 18.4. The number of carbonyl (C=O) groups is 1. The molecule has 0 saturated carbocycles. The molecule has 0 amide bonds. The molecule has 0 heterocycles. The molecule has 0 aromatic carbocycles. The van der Waals surface area contributed by atoms with Crippen LogP contribution < -0.4 is 10.2 Å². The van der Waals surface area contributed by atoms with Crippen molar-refractivity contribution >= 4 is 5.97 Å². The van der Waals surface area contributed by atoms with E-state index in [1.165, 1.54) is 0 Å². The summed E-state index contributed by atoms with van der Waals surface area (Å²) in [5.41, 5.74) is 0. The Morgan fingerprint density at radius 2 is 1.40 bits per heavy atom. The molecule has 0 rings (SSSR count). The van der Waals surface area contributed by atoms with Crippen molar-refractivity contribution in [1.29, 1.82) is 0 Å². The molecule has 5 heteroatoms. The minimum absolute atomic E-state index is 0. The smallest absolute Gasteiger partial charge is 0.852 e. The van der Waals surface area contributed by atoms with Crippen LogP contribution in [0.15, 0.2) is 0 Å². The summed E-state index contributed by atoms with van der Waals surface area (Å²) in [4.78, 5) is 8.89. The fraction of sp³-hybridized carbons (Fsp3) is 0.800. The maximum atomic E-state index is 9.53. The van der Waals surface area contributed by atoms with Gasteiger partial charge in [0, 0.05) is 5.97 Å². The van der Waals surface area contributed by atoms with Crippen LogP contribution in [0.25, 0.3) is 0 Å². The quantitative estimate of drug-likeness (QED) is 0.477. The van der Waals surface area contributed by atoms with Gasteiger partial charge < -0.3 is 15.0 Å². The van der Waals surface area contributed by atoms with Crippen molar-refractivity contribution in [3.63, 3.8) is 0 Å². The van der Waals surface area contributed by atoms with Gasteiger partial charge in [-0.15, -0.1) is 6.10 Å². The summed E-state index contributed by atoms with van der Waals surface area (Å²) in [5.74, 6) is -1.08. The van der Waals surface area contributed by atoms with E-state index in [2.05, 4.69) is 0 Å². The van der Waals surface area contributed by atoms with E-state index in [1.807, 2.05) is 0 Å². The van der Waals surface area contributed by atoms with Gasteiger partial charge in [-0.05, 0) is 6.92 Å². The molecule has 0 fully saturated rings. The number of hydrogen-bond donors (Lipinski definition) is 0. The van der Waals surface area contributed by atoms with Gasteiger partial charge in [0.1, 0.15) is 0 Å². The van der Waals surface area contributed by atoms with Crippen LogP contribution in [0.3, 0.4) is 0 Å². The number of carboxylic acid groups (broad SMARTS) is 1. The SMILES string of the molecule is CC(=O)[O-].CC(C)[O-].[Ti+4].[Zn+2]. The van der Waals surface area contributed by atoms with Crippen molar-refractivity contribution < 1.29 is 56.2 Å². The molecule has 3 nitrogen and oxygen atoms in total.